The summed E-state index contributed by atoms with van der Waals surface area (Å²) in [6.07, 6.45) is 3.01. The van der Waals surface area contributed by atoms with Crippen molar-refractivity contribution in [3.05, 3.63) is 64.7 Å². The van der Waals surface area contributed by atoms with Crippen molar-refractivity contribution in [3.8, 4) is 5.75 Å². The van der Waals surface area contributed by atoms with Gasteiger partial charge in [0.15, 0.2) is 0 Å². The summed E-state index contributed by atoms with van der Waals surface area (Å²) < 4.78 is 5.21. The van der Waals surface area contributed by atoms with Crippen LogP contribution in [-0.4, -0.2) is 42.1 Å². The van der Waals surface area contributed by atoms with E-state index in [0.717, 1.165) is 12.8 Å². The number of carbonyl (C=O) groups is 2. The molecule has 0 aliphatic rings. The van der Waals surface area contributed by atoms with Crippen molar-refractivity contribution in [2.45, 2.75) is 32.1 Å². The van der Waals surface area contributed by atoms with Gasteiger partial charge >= 0.3 is 5.97 Å². The van der Waals surface area contributed by atoms with E-state index in [9.17, 15) is 9.59 Å². The normalized spacial score (nSPS) is 10.5. The molecule has 0 bridgehead atoms. The van der Waals surface area contributed by atoms with E-state index >= 15 is 0 Å². The topological polar surface area (TPSA) is 66.8 Å². The van der Waals surface area contributed by atoms with Crippen LogP contribution in [0.2, 0.25) is 5.02 Å². The lowest BCUT2D eigenvalue weighted by molar-refractivity contribution is -0.137. The highest BCUT2D eigenvalue weighted by Gasteiger charge is 2.17. The molecule has 2 aromatic carbocycles. The number of benzene rings is 2. The van der Waals surface area contributed by atoms with Crippen LogP contribution >= 0.6 is 11.6 Å². The smallest absolute Gasteiger partial charge is 0.303 e. The summed E-state index contributed by atoms with van der Waals surface area (Å²) in [4.78, 5) is 25.5. The number of carbonyl (C=O) groups excluding carboxylic acids is 1. The quantitative estimate of drug-likeness (QED) is 0.553. The van der Waals surface area contributed by atoms with Gasteiger partial charge in [-0.2, -0.15) is 0 Å². The highest BCUT2D eigenvalue weighted by atomic mass is 35.5. The van der Waals surface area contributed by atoms with Gasteiger partial charge in [0.05, 0.1) is 12.1 Å². The van der Waals surface area contributed by atoms with Crippen LogP contribution in [0.1, 0.15) is 41.6 Å². The predicted octanol–water partition coefficient (Wildman–Crippen LogP) is 4.68. The zero-order chi connectivity index (χ0) is 20.4. The number of halogens is 1. The molecule has 2 aromatic rings. The fourth-order valence-electron chi connectivity index (χ4n) is 2.99. The third kappa shape index (κ3) is 6.89. The van der Waals surface area contributed by atoms with E-state index in [1.165, 1.54) is 12.7 Å². The van der Waals surface area contributed by atoms with Gasteiger partial charge in [-0.3, -0.25) is 9.59 Å². The zero-order valence-corrected chi connectivity index (χ0v) is 16.8. The van der Waals surface area contributed by atoms with Gasteiger partial charge < -0.3 is 14.7 Å². The zero-order valence-electron chi connectivity index (χ0n) is 16.1. The lowest BCUT2D eigenvalue weighted by atomic mass is 10.1. The van der Waals surface area contributed by atoms with Gasteiger partial charge in [0.2, 0.25) is 0 Å². The van der Waals surface area contributed by atoms with Gasteiger partial charge in [0, 0.05) is 25.1 Å². The van der Waals surface area contributed by atoms with E-state index in [2.05, 4.69) is 12.1 Å². The molecule has 0 atom stereocenters. The number of rotatable bonds is 11. The van der Waals surface area contributed by atoms with Crippen LogP contribution < -0.4 is 4.74 Å². The molecule has 0 fully saturated rings. The molecular formula is C22H26ClNO4. The Labute approximate surface area is 170 Å². The molecule has 0 aromatic heterocycles. The van der Waals surface area contributed by atoms with Crippen LogP contribution in [0, 0.1) is 0 Å². The fraction of sp³-hybridized carbons (Fsp3) is 0.364. The molecule has 5 nitrogen and oxygen atoms in total. The van der Waals surface area contributed by atoms with Crippen molar-refractivity contribution in [1.29, 1.82) is 0 Å². The molecular weight excluding hydrogens is 378 g/mol. The van der Waals surface area contributed by atoms with E-state index in [-0.39, 0.29) is 12.3 Å². The average Bonchev–Trinajstić information content (AvgIpc) is 2.70. The molecule has 1 N–H and O–H groups in total. The predicted molar refractivity (Wildman–Crippen MR) is 110 cm³/mol. The second-order valence-corrected chi connectivity index (χ2v) is 6.99. The molecule has 0 aliphatic carbocycles. The molecule has 1 amide bonds. The maximum absolute atomic E-state index is 13.0. The maximum Gasteiger partial charge on any atom is 0.303 e. The number of amides is 1. The van der Waals surface area contributed by atoms with Gasteiger partial charge in [0.25, 0.3) is 5.91 Å². The molecule has 150 valence electrons. The van der Waals surface area contributed by atoms with Crippen LogP contribution in [0.3, 0.4) is 0 Å². The maximum atomic E-state index is 13.0. The summed E-state index contributed by atoms with van der Waals surface area (Å²) in [6, 6.07) is 15.1. The molecule has 0 saturated carbocycles. The summed E-state index contributed by atoms with van der Waals surface area (Å²) >= 11 is 6.06. The molecule has 0 unspecified atom stereocenters. The van der Waals surface area contributed by atoms with Crippen LogP contribution in [0.15, 0.2) is 48.5 Å². The lowest BCUT2D eigenvalue weighted by Gasteiger charge is -2.23. The number of methoxy groups -OCH3 is 1. The third-order valence-electron chi connectivity index (χ3n) is 4.49. The Morgan fingerprint density at radius 1 is 1.04 bits per heavy atom. The lowest BCUT2D eigenvalue weighted by Crippen LogP contribution is -2.33. The Morgan fingerprint density at radius 3 is 2.43 bits per heavy atom. The number of unbranched alkanes of at least 4 members (excludes halogenated alkanes) is 1. The SMILES string of the molecule is COc1cc(C(=O)N(CCCCC(=O)O)CCCc2ccccc2)ccc1Cl. The van der Waals surface area contributed by atoms with Gasteiger partial charge in [-0.1, -0.05) is 41.9 Å². The number of ether oxygens (including phenoxy) is 1. The average molecular weight is 404 g/mol. The van der Waals surface area contributed by atoms with E-state index in [1.54, 1.807) is 23.1 Å². The van der Waals surface area contributed by atoms with Crippen molar-refractivity contribution >= 4 is 23.5 Å². The largest absolute Gasteiger partial charge is 0.495 e. The van der Waals surface area contributed by atoms with Crippen molar-refractivity contribution in [2.24, 2.45) is 0 Å². The Bertz CT molecular complexity index is 779. The Balaban J connectivity index is 2.02. The number of aliphatic carboxylic acids is 1. The van der Waals surface area contributed by atoms with Crippen LogP contribution in [0.25, 0.3) is 0 Å². The highest BCUT2D eigenvalue weighted by Crippen LogP contribution is 2.25. The summed E-state index contributed by atoms with van der Waals surface area (Å²) in [5, 5.41) is 9.26. The molecule has 6 heteroatoms. The summed E-state index contributed by atoms with van der Waals surface area (Å²) in [5.74, 6) is -0.453. The number of hydrogen-bond acceptors (Lipinski definition) is 3. The third-order valence-corrected chi connectivity index (χ3v) is 4.80. The molecule has 0 heterocycles. The van der Waals surface area contributed by atoms with Crippen molar-refractivity contribution in [2.75, 3.05) is 20.2 Å². The summed E-state index contributed by atoms with van der Waals surface area (Å²) in [7, 11) is 1.51. The van der Waals surface area contributed by atoms with Crippen LogP contribution in [0.5, 0.6) is 5.75 Å². The second-order valence-electron chi connectivity index (χ2n) is 6.58. The highest BCUT2D eigenvalue weighted by molar-refractivity contribution is 6.32. The summed E-state index contributed by atoms with van der Waals surface area (Å²) in [6.45, 7) is 1.12. The van der Waals surface area contributed by atoms with E-state index in [1.807, 2.05) is 18.2 Å². The Kier molecular flexibility index (Phi) is 8.82. The molecule has 0 spiro atoms. The molecule has 2 rings (SSSR count). The van der Waals surface area contributed by atoms with Crippen molar-refractivity contribution < 1.29 is 19.4 Å². The minimum absolute atomic E-state index is 0.0987. The first-order chi connectivity index (χ1) is 13.5. The number of nitrogens with zero attached hydrogens (tertiary/aromatic N) is 1. The fourth-order valence-corrected chi connectivity index (χ4v) is 3.18. The van der Waals surface area contributed by atoms with Gasteiger partial charge in [-0.15, -0.1) is 0 Å². The Morgan fingerprint density at radius 2 is 1.75 bits per heavy atom. The molecule has 28 heavy (non-hydrogen) atoms. The first-order valence-corrected chi connectivity index (χ1v) is 9.77. The van der Waals surface area contributed by atoms with Gasteiger partial charge in [0.1, 0.15) is 5.75 Å². The Hall–Kier alpha value is -2.53. The molecule has 0 radical (unpaired) electrons. The first-order valence-electron chi connectivity index (χ1n) is 9.40. The number of carboxylic acids is 1. The van der Waals surface area contributed by atoms with E-state index < -0.39 is 5.97 Å². The monoisotopic (exact) mass is 403 g/mol. The van der Waals surface area contributed by atoms with Gasteiger partial charge in [-0.25, -0.2) is 0 Å². The van der Waals surface area contributed by atoms with Crippen LogP contribution in [0.4, 0.5) is 0 Å². The minimum Gasteiger partial charge on any atom is -0.495 e. The van der Waals surface area contributed by atoms with Crippen molar-refractivity contribution in [3.63, 3.8) is 0 Å². The second kappa shape index (κ2) is 11.3. The first kappa shape index (κ1) is 21.8. The minimum atomic E-state index is -0.815. The van der Waals surface area contributed by atoms with Gasteiger partial charge in [-0.05, 0) is 49.4 Å². The summed E-state index contributed by atoms with van der Waals surface area (Å²) in [5.41, 5.74) is 1.74. The number of hydrogen-bond donors (Lipinski definition) is 1. The van der Waals surface area contributed by atoms with Crippen LogP contribution in [-0.2, 0) is 11.2 Å². The molecule has 0 aliphatic heterocycles. The molecule has 0 saturated heterocycles. The van der Waals surface area contributed by atoms with E-state index in [4.69, 9.17) is 21.4 Å². The number of carboxylic acid groups (broad SMARTS) is 1. The number of aryl methyl sites for hydroxylation is 1. The standard InChI is InChI=1S/C22H26ClNO4/c1-28-20-16-18(12-13-19(20)23)22(27)24(14-6-5-11-21(25)26)15-7-10-17-8-3-2-4-9-17/h2-4,8-9,12-13,16H,5-7,10-11,14-15H2,1H3,(H,25,26). The van der Waals surface area contributed by atoms with E-state index in [0.29, 0.717) is 42.3 Å². The van der Waals surface area contributed by atoms with Crippen molar-refractivity contribution in [1.82, 2.24) is 4.90 Å².